The third-order valence-electron chi connectivity index (χ3n) is 4.10. The highest BCUT2D eigenvalue weighted by molar-refractivity contribution is 9.10. The van der Waals surface area contributed by atoms with Gasteiger partial charge in [-0.1, -0.05) is 28.1 Å². The summed E-state index contributed by atoms with van der Waals surface area (Å²) in [4.78, 5) is 25.2. The molecule has 2 aliphatic rings. The summed E-state index contributed by atoms with van der Waals surface area (Å²) in [5.41, 5.74) is 1.14. The van der Waals surface area contributed by atoms with E-state index in [4.69, 9.17) is 4.74 Å². The molecule has 1 heterocycles. The zero-order valence-corrected chi connectivity index (χ0v) is 13.0. The molecule has 1 N–H and O–H groups in total. The van der Waals surface area contributed by atoms with Gasteiger partial charge in [0.1, 0.15) is 0 Å². The van der Waals surface area contributed by atoms with Crippen LogP contribution in [-0.2, 0) is 14.3 Å². The molecule has 1 aliphatic heterocycles. The summed E-state index contributed by atoms with van der Waals surface area (Å²) in [6, 6.07) is 7.09. The standard InChI is InChI=1S/C15H16BrNO4/c16-10-3-1-9(2-4-10)11-7-12(11)14(18)17-5-6-21-8-13(17)15(19)20/h1-4,11-13H,5-8H2,(H,19,20)/t11-,12+,13-/m0/s1. The summed E-state index contributed by atoms with van der Waals surface area (Å²) < 4.78 is 6.18. The number of hydrogen-bond donors (Lipinski definition) is 1. The van der Waals surface area contributed by atoms with Crippen molar-refractivity contribution in [2.45, 2.75) is 18.4 Å². The molecule has 1 amide bonds. The van der Waals surface area contributed by atoms with Crippen LogP contribution < -0.4 is 0 Å². The van der Waals surface area contributed by atoms with Crippen LogP contribution in [-0.4, -0.2) is 47.7 Å². The van der Waals surface area contributed by atoms with Crippen LogP contribution in [0.25, 0.3) is 0 Å². The van der Waals surface area contributed by atoms with E-state index < -0.39 is 12.0 Å². The lowest BCUT2D eigenvalue weighted by Gasteiger charge is -2.33. The topological polar surface area (TPSA) is 66.8 Å². The number of hydrogen-bond acceptors (Lipinski definition) is 3. The lowest BCUT2D eigenvalue weighted by atomic mass is 10.1. The molecule has 112 valence electrons. The van der Waals surface area contributed by atoms with Gasteiger partial charge in [-0.15, -0.1) is 0 Å². The number of nitrogens with zero attached hydrogens (tertiary/aromatic N) is 1. The molecular weight excluding hydrogens is 338 g/mol. The van der Waals surface area contributed by atoms with E-state index in [0.717, 1.165) is 16.5 Å². The maximum Gasteiger partial charge on any atom is 0.328 e. The van der Waals surface area contributed by atoms with E-state index in [-0.39, 0.29) is 24.3 Å². The number of carbonyl (C=O) groups is 2. The maximum atomic E-state index is 12.5. The van der Waals surface area contributed by atoms with Crippen molar-refractivity contribution in [3.05, 3.63) is 34.3 Å². The van der Waals surface area contributed by atoms with Gasteiger partial charge in [0.05, 0.1) is 13.2 Å². The first-order valence-electron chi connectivity index (χ1n) is 6.94. The van der Waals surface area contributed by atoms with Gasteiger partial charge in [-0.05, 0) is 30.0 Å². The van der Waals surface area contributed by atoms with Crippen molar-refractivity contribution in [1.29, 1.82) is 0 Å². The monoisotopic (exact) mass is 353 g/mol. The summed E-state index contributed by atoms with van der Waals surface area (Å²) in [5.74, 6) is -0.934. The van der Waals surface area contributed by atoms with Gasteiger partial charge < -0.3 is 14.7 Å². The van der Waals surface area contributed by atoms with Gasteiger partial charge in [0.15, 0.2) is 6.04 Å². The molecule has 3 atom stereocenters. The Bertz CT molecular complexity index is 559. The van der Waals surface area contributed by atoms with Crippen LogP contribution in [0, 0.1) is 5.92 Å². The Morgan fingerprint density at radius 2 is 2.00 bits per heavy atom. The zero-order valence-electron chi connectivity index (χ0n) is 11.4. The summed E-state index contributed by atoms with van der Waals surface area (Å²) >= 11 is 3.39. The van der Waals surface area contributed by atoms with Gasteiger partial charge >= 0.3 is 5.97 Å². The third-order valence-corrected chi connectivity index (χ3v) is 4.63. The van der Waals surface area contributed by atoms with Crippen LogP contribution in [0.5, 0.6) is 0 Å². The second-order valence-electron chi connectivity index (χ2n) is 5.46. The number of ether oxygens (including phenoxy) is 1. The van der Waals surface area contributed by atoms with Crippen molar-refractivity contribution in [3.63, 3.8) is 0 Å². The average Bonchev–Trinajstić information content (AvgIpc) is 3.27. The number of carbonyl (C=O) groups excluding carboxylic acids is 1. The fourth-order valence-electron chi connectivity index (χ4n) is 2.83. The van der Waals surface area contributed by atoms with Crippen molar-refractivity contribution >= 4 is 27.8 Å². The minimum absolute atomic E-state index is 0.0568. The quantitative estimate of drug-likeness (QED) is 0.900. The molecule has 6 heteroatoms. The van der Waals surface area contributed by atoms with E-state index in [2.05, 4.69) is 15.9 Å². The molecule has 2 fully saturated rings. The molecule has 3 rings (SSSR count). The molecule has 21 heavy (non-hydrogen) atoms. The summed E-state index contributed by atoms with van der Waals surface area (Å²) in [6.07, 6.45) is 0.796. The number of benzene rings is 1. The third kappa shape index (κ3) is 2.96. The predicted octanol–water partition coefficient (Wildman–Crippen LogP) is 1.86. The molecule has 5 nitrogen and oxygen atoms in total. The van der Waals surface area contributed by atoms with Gasteiger partial charge in [0.25, 0.3) is 0 Å². The van der Waals surface area contributed by atoms with Crippen molar-refractivity contribution in [2.24, 2.45) is 5.92 Å². The highest BCUT2D eigenvalue weighted by atomic mass is 79.9. The van der Waals surface area contributed by atoms with Gasteiger partial charge in [-0.3, -0.25) is 4.79 Å². The Labute approximate surface area is 131 Å². The zero-order chi connectivity index (χ0) is 15.0. The Balaban J connectivity index is 1.69. The molecular formula is C15H16BrNO4. The number of carboxylic acid groups (broad SMARTS) is 1. The first kappa shape index (κ1) is 14.5. The minimum atomic E-state index is -0.996. The van der Waals surface area contributed by atoms with Crippen LogP contribution >= 0.6 is 15.9 Å². The van der Waals surface area contributed by atoms with E-state index in [1.54, 1.807) is 0 Å². The average molecular weight is 354 g/mol. The van der Waals surface area contributed by atoms with Gasteiger partial charge in [-0.25, -0.2) is 4.79 Å². The largest absolute Gasteiger partial charge is 0.480 e. The normalized spacial score (nSPS) is 28.2. The fourth-order valence-corrected chi connectivity index (χ4v) is 3.10. The Kier molecular flexibility index (Phi) is 3.99. The Morgan fingerprint density at radius 1 is 1.29 bits per heavy atom. The predicted molar refractivity (Wildman–Crippen MR) is 78.9 cm³/mol. The first-order chi connectivity index (χ1) is 10.1. The molecule has 0 unspecified atom stereocenters. The number of amides is 1. The first-order valence-corrected chi connectivity index (χ1v) is 7.73. The van der Waals surface area contributed by atoms with Crippen LogP contribution in [0.1, 0.15) is 17.9 Å². The van der Waals surface area contributed by atoms with E-state index in [1.807, 2.05) is 24.3 Å². The molecule has 1 aromatic rings. The molecule has 0 aromatic heterocycles. The molecule has 0 bridgehead atoms. The number of morpholine rings is 1. The second kappa shape index (κ2) is 5.77. The van der Waals surface area contributed by atoms with E-state index >= 15 is 0 Å². The minimum Gasteiger partial charge on any atom is -0.480 e. The van der Waals surface area contributed by atoms with Crippen LogP contribution in [0.3, 0.4) is 0 Å². The van der Waals surface area contributed by atoms with Crippen LogP contribution in [0.2, 0.25) is 0 Å². The van der Waals surface area contributed by atoms with Crippen molar-refractivity contribution in [3.8, 4) is 0 Å². The molecule has 1 saturated carbocycles. The maximum absolute atomic E-state index is 12.5. The number of halogens is 1. The smallest absolute Gasteiger partial charge is 0.328 e. The van der Waals surface area contributed by atoms with Gasteiger partial charge in [-0.2, -0.15) is 0 Å². The van der Waals surface area contributed by atoms with Crippen molar-refractivity contribution in [2.75, 3.05) is 19.8 Å². The Hall–Kier alpha value is -1.40. The number of aliphatic carboxylic acids is 1. The summed E-state index contributed by atoms with van der Waals surface area (Å²) in [7, 11) is 0. The lowest BCUT2D eigenvalue weighted by Crippen LogP contribution is -2.53. The Morgan fingerprint density at radius 3 is 2.67 bits per heavy atom. The van der Waals surface area contributed by atoms with Gasteiger partial charge in [0.2, 0.25) is 5.91 Å². The number of carboxylic acids is 1. The lowest BCUT2D eigenvalue weighted by molar-refractivity contribution is -0.158. The van der Waals surface area contributed by atoms with E-state index in [1.165, 1.54) is 4.90 Å². The highest BCUT2D eigenvalue weighted by Gasteiger charge is 2.48. The SMILES string of the molecule is O=C(O)[C@@H]1COCCN1C(=O)[C@@H]1C[C@H]1c1ccc(Br)cc1. The summed E-state index contributed by atoms with van der Waals surface area (Å²) in [6.45, 7) is 0.849. The van der Waals surface area contributed by atoms with E-state index in [0.29, 0.717) is 13.2 Å². The molecule has 1 aliphatic carbocycles. The molecule has 0 radical (unpaired) electrons. The molecule has 0 spiro atoms. The van der Waals surface area contributed by atoms with Gasteiger partial charge in [0, 0.05) is 16.9 Å². The van der Waals surface area contributed by atoms with Crippen molar-refractivity contribution in [1.82, 2.24) is 4.90 Å². The van der Waals surface area contributed by atoms with Crippen LogP contribution in [0.4, 0.5) is 0 Å². The summed E-state index contributed by atoms with van der Waals surface area (Å²) in [5, 5.41) is 9.19. The van der Waals surface area contributed by atoms with Crippen molar-refractivity contribution < 1.29 is 19.4 Å². The van der Waals surface area contributed by atoms with Crippen LogP contribution in [0.15, 0.2) is 28.7 Å². The molecule has 1 saturated heterocycles. The highest BCUT2D eigenvalue weighted by Crippen LogP contribution is 2.48. The van der Waals surface area contributed by atoms with E-state index in [9.17, 15) is 14.7 Å². The molecule has 1 aromatic carbocycles. The second-order valence-corrected chi connectivity index (χ2v) is 6.38. The number of rotatable bonds is 3. The fraction of sp³-hybridized carbons (Fsp3) is 0.467.